The third kappa shape index (κ3) is 4.97. The molecule has 0 radical (unpaired) electrons. The summed E-state index contributed by atoms with van der Waals surface area (Å²) in [6.45, 7) is 0. The van der Waals surface area contributed by atoms with E-state index in [9.17, 15) is 14.0 Å². The molecule has 1 fully saturated rings. The van der Waals surface area contributed by atoms with E-state index in [1.807, 2.05) is 12.1 Å². The largest absolute Gasteiger partial charge is 0.493 e. The molecule has 1 saturated carbocycles. The first-order valence-corrected chi connectivity index (χ1v) is 11.9. The van der Waals surface area contributed by atoms with E-state index < -0.39 is 17.1 Å². The molecule has 1 unspecified atom stereocenters. The molecule has 1 atom stereocenters. The van der Waals surface area contributed by atoms with Crippen molar-refractivity contribution in [1.29, 1.82) is 0 Å². The quantitative estimate of drug-likeness (QED) is 0.400. The molecule has 5 rings (SSSR count). The van der Waals surface area contributed by atoms with Gasteiger partial charge in [-0.25, -0.2) is 4.39 Å². The summed E-state index contributed by atoms with van der Waals surface area (Å²) >= 11 is 0. The minimum absolute atomic E-state index is 0.266. The number of carbonyl (C=O) groups is 2. The van der Waals surface area contributed by atoms with E-state index in [1.54, 1.807) is 44.7 Å². The summed E-state index contributed by atoms with van der Waals surface area (Å²) < 4.78 is 30.1. The second kappa shape index (κ2) is 9.93. The van der Waals surface area contributed by atoms with Crippen LogP contribution in [0.2, 0.25) is 0 Å². The van der Waals surface area contributed by atoms with E-state index in [-0.39, 0.29) is 12.0 Å². The number of aliphatic imine (C=N–C) groups is 1. The summed E-state index contributed by atoms with van der Waals surface area (Å²) in [6, 6.07) is 16.1. The van der Waals surface area contributed by atoms with Crippen molar-refractivity contribution in [3.05, 3.63) is 72.0 Å². The van der Waals surface area contributed by atoms with Crippen LogP contribution in [0.5, 0.6) is 17.2 Å². The van der Waals surface area contributed by atoms with Gasteiger partial charge in [0.25, 0.3) is 0 Å². The number of nitrogens with one attached hydrogen (secondary N) is 2. The molecule has 1 heterocycles. The first-order valence-electron chi connectivity index (χ1n) is 11.9. The minimum atomic E-state index is -1.13. The van der Waals surface area contributed by atoms with Crippen molar-refractivity contribution < 1.29 is 28.2 Å². The third-order valence-corrected chi connectivity index (χ3v) is 6.54. The number of amides is 2. The van der Waals surface area contributed by atoms with Crippen molar-refractivity contribution in [1.82, 2.24) is 0 Å². The van der Waals surface area contributed by atoms with Crippen LogP contribution >= 0.6 is 0 Å². The Morgan fingerprint density at radius 3 is 2.03 bits per heavy atom. The molecule has 3 aromatic carbocycles. The van der Waals surface area contributed by atoms with Crippen LogP contribution in [0.4, 0.5) is 21.5 Å². The molecule has 37 heavy (non-hydrogen) atoms. The van der Waals surface area contributed by atoms with Crippen molar-refractivity contribution in [2.45, 2.75) is 25.4 Å². The molecule has 190 valence electrons. The zero-order valence-electron chi connectivity index (χ0n) is 20.4. The average molecular weight is 504 g/mol. The number of halogens is 1. The van der Waals surface area contributed by atoms with Gasteiger partial charge in [0, 0.05) is 35.6 Å². The number of ether oxygens (including phenoxy) is 3. The second-order valence-electron chi connectivity index (χ2n) is 8.94. The van der Waals surface area contributed by atoms with Crippen LogP contribution in [0.25, 0.3) is 0 Å². The van der Waals surface area contributed by atoms with Gasteiger partial charge in [0.15, 0.2) is 11.5 Å². The summed E-state index contributed by atoms with van der Waals surface area (Å²) in [7, 11) is 3.16. The molecule has 8 nitrogen and oxygen atoms in total. The SMILES string of the molecule is COc1cc2c(cc1OC)C(Oc1ccc(NC(=O)C3(C(=O)Nc4ccc(F)cc4)CC3)cc1)CC=N2. The molecule has 9 heteroatoms. The van der Waals surface area contributed by atoms with E-state index in [0.717, 1.165) is 11.3 Å². The lowest BCUT2D eigenvalue weighted by Crippen LogP contribution is -2.35. The highest BCUT2D eigenvalue weighted by Gasteiger charge is 2.56. The van der Waals surface area contributed by atoms with E-state index in [4.69, 9.17) is 14.2 Å². The normalized spacial score (nSPS) is 16.8. The number of carbonyl (C=O) groups excluding carboxylic acids is 2. The maximum atomic E-state index is 13.1. The van der Waals surface area contributed by atoms with E-state index in [1.165, 1.54) is 24.3 Å². The standard InChI is InChI=1S/C28H26FN3O5/c1-35-24-15-21-22(16-25(24)36-2)30-14-11-23(21)37-20-9-7-19(8-10-20)32-27(34)28(12-13-28)26(33)31-18-5-3-17(29)4-6-18/h3-10,14-16,23H,11-13H2,1-2H3,(H,31,33)(H,32,34). The molecule has 3 aromatic rings. The number of benzene rings is 3. The minimum Gasteiger partial charge on any atom is -0.493 e. The maximum Gasteiger partial charge on any atom is 0.240 e. The first-order chi connectivity index (χ1) is 17.9. The molecule has 0 saturated heterocycles. The number of nitrogens with zero attached hydrogens (tertiary/aromatic N) is 1. The number of anilines is 2. The van der Waals surface area contributed by atoms with Crippen molar-refractivity contribution >= 4 is 35.1 Å². The third-order valence-electron chi connectivity index (χ3n) is 6.54. The van der Waals surface area contributed by atoms with Crippen molar-refractivity contribution in [2.24, 2.45) is 10.4 Å². The molecule has 1 aliphatic carbocycles. The fourth-order valence-electron chi connectivity index (χ4n) is 4.24. The van der Waals surface area contributed by atoms with Gasteiger partial charge in [-0.3, -0.25) is 14.6 Å². The van der Waals surface area contributed by atoms with Gasteiger partial charge in [0.05, 0.1) is 19.9 Å². The average Bonchev–Trinajstić information content (AvgIpc) is 3.73. The van der Waals surface area contributed by atoms with Gasteiger partial charge in [-0.2, -0.15) is 0 Å². The van der Waals surface area contributed by atoms with Gasteiger partial charge in [-0.15, -0.1) is 0 Å². The second-order valence-corrected chi connectivity index (χ2v) is 8.94. The van der Waals surface area contributed by atoms with Gasteiger partial charge in [0.1, 0.15) is 23.1 Å². The molecular formula is C28H26FN3O5. The molecule has 2 amide bonds. The van der Waals surface area contributed by atoms with Gasteiger partial charge < -0.3 is 24.8 Å². The Labute approximate surface area is 213 Å². The van der Waals surface area contributed by atoms with Crippen LogP contribution in [0, 0.1) is 11.2 Å². The predicted molar refractivity (Wildman–Crippen MR) is 137 cm³/mol. The highest BCUT2D eigenvalue weighted by Crippen LogP contribution is 2.47. The van der Waals surface area contributed by atoms with Crippen LogP contribution in [0.3, 0.4) is 0 Å². The topological polar surface area (TPSA) is 98.2 Å². The summed E-state index contributed by atoms with van der Waals surface area (Å²) in [5.74, 6) is 0.640. The highest BCUT2D eigenvalue weighted by molar-refractivity contribution is 6.16. The van der Waals surface area contributed by atoms with E-state index >= 15 is 0 Å². The van der Waals surface area contributed by atoms with Crippen LogP contribution in [-0.4, -0.2) is 32.2 Å². The van der Waals surface area contributed by atoms with Gasteiger partial charge in [0.2, 0.25) is 11.8 Å². The first kappa shape index (κ1) is 24.3. The highest BCUT2D eigenvalue weighted by atomic mass is 19.1. The van der Waals surface area contributed by atoms with E-state index in [0.29, 0.717) is 47.9 Å². The Hall–Kier alpha value is -4.40. The molecule has 0 spiro atoms. The van der Waals surface area contributed by atoms with Crippen molar-refractivity contribution in [3.8, 4) is 17.2 Å². The van der Waals surface area contributed by atoms with Crippen LogP contribution in [0.1, 0.15) is 30.9 Å². The Balaban J connectivity index is 1.23. The smallest absolute Gasteiger partial charge is 0.240 e. The Kier molecular flexibility index (Phi) is 6.52. The molecule has 2 N–H and O–H groups in total. The van der Waals surface area contributed by atoms with Gasteiger partial charge >= 0.3 is 0 Å². The Morgan fingerprint density at radius 1 is 0.892 bits per heavy atom. The van der Waals surface area contributed by atoms with Crippen molar-refractivity contribution in [3.63, 3.8) is 0 Å². The maximum absolute atomic E-state index is 13.1. The van der Waals surface area contributed by atoms with Crippen molar-refractivity contribution in [2.75, 3.05) is 24.9 Å². The lowest BCUT2D eigenvalue weighted by Gasteiger charge is -2.24. The summed E-state index contributed by atoms with van der Waals surface area (Å²) in [4.78, 5) is 30.1. The Bertz CT molecular complexity index is 1350. The molecule has 0 bridgehead atoms. The monoisotopic (exact) mass is 503 g/mol. The number of hydrogen-bond acceptors (Lipinski definition) is 6. The molecule has 2 aliphatic rings. The van der Waals surface area contributed by atoms with Crippen LogP contribution in [-0.2, 0) is 9.59 Å². The summed E-state index contributed by atoms with van der Waals surface area (Å²) in [5, 5.41) is 5.53. The summed E-state index contributed by atoms with van der Waals surface area (Å²) in [6.07, 6.45) is 3.03. The van der Waals surface area contributed by atoms with E-state index in [2.05, 4.69) is 15.6 Å². The number of methoxy groups -OCH3 is 2. The lowest BCUT2D eigenvalue weighted by atomic mass is 10.0. The Morgan fingerprint density at radius 2 is 1.46 bits per heavy atom. The predicted octanol–water partition coefficient (Wildman–Crippen LogP) is 5.43. The molecule has 0 aromatic heterocycles. The van der Waals surface area contributed by atoms with Gasteiger partial charge in [-0.05, 0) is 67.4 Å². The summed E-state index contributed by atoms with van der Waals surface area (Å²) in [5.41, 5.74) is 1.51. The number of hydrogen-bond donors (Lipinski definition) is 2. The molecular weight excluding hydrogens is 477 g/mol. The lowest BCUT2D eigenvalue weighted by molar-refractivity contribution is -0.131. The fraction of sp³-hybridized carbons (Fsp3) is 0.250. The van der Waals surface area contributed by atoms with Crippen LogP contribution in [0.15, 0.2) is 65.7 Å². The van der Waals surface area contributed by atoms with Gasteiger partial charge in [-0.1, -0.05) is 0 Å². The number of fused-ring (bicyclic) bond motifs is 1. The zero-order chi connectivity index (χ0) is 26.0. The zero-order valence-corrected chi connectivity index (χ0v) is 20.4. The fourth-order valence-corrected chi connectivity index (χ4v) is 4.24. The molecule has 1 aliphatic heterocycles. The number of rotatable bonds is 8. The van der Waals surface area contributed by atoms with Crippen LogP contribution < -0.4 is 24.8 Å².